The zero-order valence-corrected chi connectivity index (χ0v) is 15.2. The van der Waals surface area contributed by atoms with Gasteiger partial charge in [0.2, 0.25) is 0 Å². The van der Waals surface area contributed by atoms with Gasteiger partial charge in [-0.1, -0.05) is 36.4 Å². The molecule has 0 fully saturated rings. The standard InChI is InChI=1S/C21H17NO4S/c23-19(13-6-2-1-3-7-13)22-20-18(21(24)25)16(12-27-20)15-10-14-8-4-5-9-17(14)26-11-15/h1-9,12,15H,10-11H2,(H,22,23)(H,24,25). The zero-order chi connectivity index (χ0) is 18.8. The van der Waals surface area contributed by atoms with Crippen LogP contribution in [-0.2, 0) is 6.42 Å². The third-order valence-corrected chi connectivity index (χ3v) is 5.53. The third kappa shape index (κ3) is 3.44. The van der Waals surface area contributed by atoms with Gasteiger partial charge in [-0.2, -0.15) is 0 Å². The SMILES string of the molecule is O=C(Nc1scc(C2COc3ccccc3C2)c1C(=O)O)c1ccccc1. The topological polar surface area (TPSA) is 75.6 Å². The Morgan fingerprint density at radius 3 is 2.59 bits per heavy atom. The van der Waals surface area contributed by atoms with Crippen LogP contribution in [0.25, 0.3) is 0 Å². The summed E-state index contributed by atoms with van der Waals surface area (Å²) in [7, 11) is 0. The summed E-state index contributed by atoms with van der Waals surface area (Å²) in [6.07, 6.45) is 0.708. The summed E-state index contributed by atoms with van der Waals surface area (Å²) in [4.78, 5) is 24.3. The second kappa shape index (κ2) is 7.25. The number of benzene rings is 2. The van der Waals surface area contributed by atoms with Gasteiger partial charge < -0.3 is 15.2 Å². The smallest absolute Gasteiger partial charge is 0.339 e. The molecule has 2 N–H and O–H groups in total. The fourth-order valence-corrected chi connectivity index (χ4v) is 4.31. The van der Waals surface area contributed by atoms with Gasteiger partial charge in [0.1, 0.15) is 10.8 Å². The van der Waals surface area contributed by atoms with Crippen molar-refractivity contribution in [2.45, 2.75) is 12.3 Å². The Kier molecular flexibility index (Phi) is 4.64. The van der Waals surface area contributed by atoms with Gasteiger partial charge in [0, 0.05) is 11.5 Å². The third-order valence-electron chi connectivity index (χ3n) is 4.62. The number of nitrogens with one attached hydrogen (secondary N) is 1. The second-order valence-electron chi connectivity index (χ2n) is 6.34. The van der Waals surface area contributed by atoms with E-state index in [1.165, 1.54) is 11.3 Å². The largest absolute Gasteiger partial charge is 0.493 e. The number of carbonyl (C=O) groups excluding carboxylic acids is 1. The van der Waals surface area contributed by atoms with E-state index in [0.717, 1.165) is 11.3 Å². The number of ether oxygens (including phenoxy) is 1. The molecule has 1 atom stereocenters. The monoisotopic (exact) mass is 379 g/mol. The van der Waals surface area contributed by atoms with Crippen LogP contribution >= 0.6 is 11.3 Å². The molecule has 3 aromatic rings. The van der Waals surface area contributed by atoms with Crippen LogP contribution in [0.1, 0.15) is 37.8 Å². The number of para-hydroxylation sites is 1. The molecule has 1 aliphatic heterocycles. The molecule has 0 aliphatic carbocycles. The molecule has 1 aliphatic rings. The number of amides is 1. The molecule has 5 nitrogen and oxygen atoms in total. The lowest BCUT2D eigenvalue weighted by Gasteiger charge is -2.25. The predicted molar refractivity (Wildman–Crippen MR) is 104 cm³/mol. The highest BCUT2D eigenvalue weighted by Crippen LogP contribution is 2.38. The number of carboxylic acids is 1. The molecule has 1 aromatic heterocycles. The van der Waals surface area contributed by atoms with Crippen molar-refractivity contribution >= 4 is 28.2 Å². The van der Waals surface area contributed by atoms with E-state index < -0.39 is 5.97 Å². The van der Waals surface area contributed by atoms with Crippen LogP contribution < -0.4 is 10.1 Å². The van der Waals surface area contributed by atoms with Gasteiger partial charge >= 0.3 is 5.97 Å². The Labute approximate surface area is 160 Å². The van der Waals surface area contributed by atoms with E-state index >= 15 is 0 Å². The van der Waals surface area contributed by atoms with Crippen LogP contribution in [0.2, 0.25) is 0 Å². The van der Waals surface area contributed by atoms with Crippen LogP contribution in [-0.4, -0.2) is 23.6 Å². The maximum absolute atomic E-state index is 12.4. The molecule has 2 aromatic carbocycles. The van der Waals surface area contributed by atoms with Crippen LogP contribution in [0.15, 0.2) is 60.0 Å². The molecule has 1 unspecified atom stereocenters. The minimum atomic E-state index is -1.05. The summed E-state index contributed by atoms with van der Waals surface area (Å²) in [6, 6.07) is 16.5. The minimum absolute atomic E-state index is 0.0652. The number of hydrogen-bond acceptors (Lipinski definition) is 4. The average molecular weight is 379 g/mol. The summed E-state index contributed by atoms with van der Waals surface area (Å²) in [5, 5.41) is 14.7. The number of rotatable bonds is 4. The van der Waals surface area contributed by atoms with Gasteiger partial charge in [-0.05, 0) is 41.1 Å². The van der Waals surface area contributed by atoms with E-state index in [9.17, 15) is 14.7 Å². The number of thiophene rings is 1. The fourth-order valence-electron chi connectivity index (χ4n) is 3.28. The molecule has 6 heteroatoms. The maximum Gasteiger partial charge on any atom is 0.339 e. The molecule has 136 valence electrons. The van der Waals surface area contributed by atoms with E-state index in [-0.39, 0.29) is 17.4 Å². The highest BCUT2D eigenvalue weighted by molar-refractivity contribution is 7.15. The number of carbonyl (C=O) groups is 2. The van der Waals surface area contributed by atoms with Crippen molar-refractivity contribution in [1.82, 2.24) is 0 Å². The fraction of sp³-hybridized carbons (Fsp3) is 0.143. The normalized spacial score (nSPS) is 15.5. The van der Waals surface area contributed by atoms with Crippen molar-refractivity contribution in [1.29, 1.82) is 0 Å². The molecule has 0 bridgehead atoms. The van der Waals surface area contributed by atoms with Crippen LogP contribution in [0.3, 0.4) is 0 Å². The highest BCUT2D eigenvalue weighted by Gasteiger charge is 2.29. The number of hydrogen-bond donors (Lipinski definition) is 2. The summed E-state index contributed by atoms with van der Waals surface area (Å²) in [6.45, 7) is 0.417. The minimum Gasteiger partial charge on any atom is -0.493 e. The summed E-state index contributed by atoms with van der Waals surface area (Å²) in [5.74, 6) is -0.590. The van der Waals surface area contributed by atoms with Gasteiger partial charge in [-0.3, -0.25) is 4.79 Å². The molecule has 2 heterocycles. The van der Waals surface area contributed by atoms with E-state index in [1.54, 1.807) is 24.3 Å². The molecule has 0 spiro atoms. The second-order valence-corrected chi connectivity index (χ2v) is 7.22. The van der Waals surface area contributed by atoms with Gasteiger partial charge in [0.25, 0.3) is 5.91 Å². The summed E-state index contributed by atoms with van der Waals surface area (Å²) in [5.41, 5.74) is 2.40. The number of aromatic carboxylic acids is 1. The Morgan fingerprint density at radius 2 is 1.81 bits per heavy atom. The number of fused-ring (bicyclic) bond motifs is 1. The summed E-state index contributed by atoms with van der Waals surface area (Å²) < 4.78 is 5.81. The first-order chi connectivity index (χ1) is 13.1. The Hall–Kier alpha value is -3.12. The lowest BCUT2D eigenvalue weighted by Crippen LogP contribution is -2.21. The number of carboxylic acid groups (broad SMARTS) is 1. The van der Waals surface area contributed by atoms with Crippen molar-refractivity contribution in [3.63, 3.8) is 0 Å². The van der Waals surface area contributed by atoms with Crippen LogP contribution in [0.5, 0.6) is 5.75 Å². The molecule has 4 rings (SSSR count). The van der Waals surface area contributed by atoms with Crippen molar-refractivity contribution < 1.29 is 19.4 Å². The Morgan fingerprint density at radius 1 is 1.07 bits per heavy atom. The van der Waals surface area contributed by atoms with Crippen molar-refractivity contribution in [2.75, 3.05) is 11.9 Å². The molecule has 27 heavy (non-hydrogen) atoms. The Bertz CT molecular complexity index is 996. The van der Waals surface area contributed by atoms with E-state index in [1.807, 2.05) is 35.7 Å². The summed E-state index contributed by atoms with van der Waals surface area (Å²) >= 11 is 1.23. The van der Waals surface area contributed by atoms with Crippen molar-refractivity contribution in [3.8, 4) is 5.75 Å². The van der Waals surface area contributed by atoms with Gasteiger partial charge in [0.05, 0.1) is 12.2 Å². The van der Waals surface area contributed by atoms with E-state index in [0.29, 0.717) is 29.2 Å². The van der Waals surface area contributed by atoms with Crippen molar-refractivity contribution in [3.05, 3.63) is 82.2 Å². The average Bonchev–Trinajstić information content (AvgIpc) is 3.12. The molecular weight excluding hydrogens is 362 g/mol. The first-order valence-corrected chi connectivity index (χ1v) is 9.43. The lowest BCUT2D eigenvalue weighted by molar-refractivity contribution is 0.0696. The molecule has 0 saturated heterocycles. The first-order valence-electron chi connectivity index (χ1n) is 8.55. The lowest BCUT2D eigenvalue weighted by atomic mass is 9.89. The highest BCUT2D eigenvalue weighted by atomic mass is 32.1. The molecule has 0 saturated carbocycles. The quantitative estimate of drug-likeness (QED) is 0.704. The molecule has 1 amide bonds. The van der Waals surface area contributed by atoms with Crippen LogP contribution in [0.4, 0.5) is 5.00 Å². The van der Waals surface area contributed by atoms with Gasteiger partial charge in [-0.15, -0.1) is 11.3 Å². The van der Waals surface area contributed by atoms with E-state index in [4.69, 9.17) is 4.74 Å². The predicted octanol–water partition coefficient (Wildman–Crippen LogP) is 4.42. The molecule has 0 radical (unpaired) electrons. The zero-order valence-electron chi connectivity index (χ0n) is 14.3. The first kappa shape index (κ1) is 17.3. The van der Waals surface area contributed by atoms with Crippen LogP contribution in [0, 0.1) is 0 Å². The van der Waals surface area contributed by atoms with E-state index in [2.05, 4.69) is 5.32 Å². The Balaban J connectivity index is 1.62. The molecular formula is C21H17NO4S. The maximum atomic E-state index is 12.4. The number of anilines is 1. The van der Waals surface area contributed by atoms with Gasteiger partial charge in [0.15, 0.2) is 0 Å². The van der Waals surface area contributed by atoms with Crippen molar-refractivity contribution in [2.24, 2.45) is 0 Å². The van der Waals surface area contributed by atoms with Gasteiger partial charge in [-0.25, -0.2) is 4.79 Å².